The number of nitrogens with zero attached hydrogens (tertiary/aromatic N) is 3. The molecule has 0 saturated carbocycles. The summed E-state index contributed by atoms with van der Waals surface area (Å²) < 4.78 is 1.29. The molecule has 1 aromatic rings. The minimum atomic E-state index is -0.723. The lowest BCUT2D eigenvalue weighted by Crippen LogP contribution is -2.25. The second-order valence-electron chi connectivity index (χ2n) is 2.54. The number of nitro groups is 1. The maximum absolute atomic E-state index is 10.2. The summed E-state index contributed by atoms with van der Waals surface area (Å²) in [4.78, 5) is 9.62. The SMILES string of the molecule is NCC(O)Cn1ccc([N+](=O)[O-])n1. The molecule has 0 aliphatic carbocycles. The third-order valence-electron chi connectivity index (χ3n) is 1.48. The topological polar surface area (TPSA) is 107 Å². The molecule has 0 aromatic carbocycles. The third-order valence-corrected chi connectivity index (χ3v) is 1.48. The Morgan fingerprint density at radius 1 is 1.85 bits per heavy atom. The molecular weight excluding hydrogens is 176 g/mol. The molecule has 1 heterocycles. The summed E-state index contributed by atoms with van der Waals surface area (Å²) in [6, 6.07) is 1.27. The van der Waals surface area contributed by atoms with Crippen molar-refractivity contribution in [3.8, 4) is 0 Å². The van der Waals surface area contributed by atoms with Gasteiger partial charge >= 0.3 is 5.82 Å². The highest BCUT2D eigenvalue weighted by molar-refractivity contribution is 5.13. The molecule has 0 amide bonds. The van der Waals surface area contributed by atoms with Crippen molar-refractivity contribution in [2.45, 2.75) is 12.6 Å². The minimum Gasteiger partial charge on any atom is -0.390 e. The highest BCUT2D eigenvalue weighted by Crippen LogP contribution is 2.05. The van der Waals surface area contributed by atoms with Gasteiger partial charge in [-0.2, -0.15) is 4.68 Å². The Kier molecular flexibility index (Phi) is 2.93. The highest BCUT2D eigenvalue weighted by Gasteiger charge is 2.12. The zero-order valence-electron chi connectivity index (χ0n) is 6.83. The van der Waals surface area contributed by atoms with Crippen LogP contribution in [0.4, 0.5) is 5.82 Å². The van der Waals surface area contributed by atoms with Crippen LogP contribution in [0.2, 0.25) is 0 Å². The molecule has 0 fully saturated rings. The Morgan fingerprint density at radius 2 is 2.54 bits per heavy atom. The Morgan fingerprint density at radius 3 is 3.00 bits per heavy atom. The number of aliphatic hydroxyl groups excluding tert-OH is 1. The highest BCUT2D eigenvalue weighted by atomic mass is 16.6. The lowest BCUT2D eigenvalue weighted by Gasteiger charge is -2.03. The molecule has 1 atom stereocenters. The van der Waals surface area contributed by atoms with Crippen molar-refractivity contribution in [3.63, 3.8) is 0 Å². The van der Waals surface area contributed by atoms with Crippen LogP contribution in [0.3, 0.4) is 0 Å². The summed E-state index contributed by atoms with van der Waals surface area (Å²) in [5.74, 6) is -0.232. The first-order chi connectivity index (χ1) is 6.13. The average molecular weight is 186 g/mol. The summed E-state index contributed by atoms with van der Waals surface area (Å²) in [6.45, 7) is 0.276. The van der Waals surface area contributed by atoms with Crippen LogP contribution < -0.4 is 5.73 Å². The summed E-state index contributed by atoms with van der Waals surface area (Å²) in [7, 11) is 0. The summed E-state index contributed by atoms with van der Waals surface area (Å²) in [5.41, 5.74) is 5.16. The van der Waals surface area contributed by atoms with E-state index in [9.17, 15) is 10.1 Å². The lowest BCUT2D eigenvalue weighted by molar-refractivity contribution is -0.389. The zero-order chi connectivity index (χ0) is 9.84. The Balaban J connectivity index is 2.64. The number of nitrogens with two attached hydrogens (primary N) is 1. The molecule has 7 nitrogen and oxygen atoms in total. The van der Waals surface area contributed by atoms with E-state index in [1.165, 1.54) is 16.9 Å². The molecule has 1 rings (SSSR count). The van der Waals surface area contributed by atoms with Crippen LogP contribution >= 0.6 is 0 Å². The molecule has 7 heteroatoms. The van der Waals surface area contributed by atoms with Crippen LogP contribution in [0.1, 0.15) is 0 Å². The fraction of sp³-hybridized carbons (Fsp3) is 0.500. The first kappa shape index (κ1) is 9.62. The largest absolute Gasteiger partial charge is 0.390 e. The molecular formula is C6H10N4O3. The molecule has 1 unspecified atom stereocenters. The predicted molar refractivity (Wildman–Crippen MR) is 43.9 cm³/mol. The van der Waals surface area contributed by atoms with Gasteiger partial charge in [0.25, 0.3) is 0 Å². The van der Waals surface area contributed by atoms with E-state index in [0.29, 0.717) is 0 Å². The second kappa shape index (κ2) is 3.97. The van der Waals surface area contributed by atoms with Gasteiger partial charge in [0.15, 0.2) is 0 Å². The van der Waals surface area contributed by atoms with Gasteiger partial charge in [0, 0.05) is 6.54 Å². The molecule has 0 spiro atoms. The van der Waals surface area contributed by atoms with Gasteiger partial charge in [0.05, 0.1) is 30.0 Å². The maximum Gasteiger partial charge on any atom is 0.389 e. The molecule has 13 heavy (non-hydrogen) atoms. The van der Waals surface area contributed by atoms with E-state index < -0.39 is 11.0 Å². The fourth-order valence-electron chi connectivity index (χ4n) is 0.840. The van der Waals surface area contributed by atoms with Crippen LogP contribution in [0.15, 0.2) is 12.3 Å². The van der Waals surface area contributed by atoms with Crippen molar-refractivity contribution < 1.29 is 10.0 Å². The second-order valence-corrected chi connectivity index (χ2v) is 2.54. The van der Waals surface area contributed by atoms with E-state index >= 15 is 0 Å². The molecule has 72 valence electrons. The van der Waals surface area contributed by atoms with Gasteiger partial charge in [-0.05, 0) is 4.92 Å². The van der Waals surface area contributed by atoms with Crippen molar-refractivity contribution in [3.05, 3.63) is 22.4 Å². The number of aliphatic hydroxyl groups is 1. The van der Waals surface area contributed by atoms with Gasteiger partial charge in [-0.1, -0.05) is 0 Å². The van der Waals surface area contributed by atoms with Gasteiger partial charge in [-0.25, -0.2) is 0 Å². The number of aromatic nitrogens is 2. The van der Waals surface area contributed by atoms with Crippen molar-refractivity contribution in [2.24, 2.45) is 5.73 Å². The quantitative estimate of drug-likeness (QED) is 0.468. The van der Waals surface area contributed by atoms with Gasteiger partial charge < -0.3 is 21.0 Å². The van der Waals surface area contributed by atoms with E-state index in [1.54, 1.807) is 0 Å². The lowest BCUT2D eigenvalue weighted by atomic mass is 10.4. The molecule has 0 aliphatic heterocycles. The van der Waals surface area contributed by atoms with Crippen LogP contribution in [0.5, 0.6) is 0 Å². The standard InChI is InChI=1S/C6H10N4O3/c7-3-5(11)4-9-2-1-6(8-9)10(12)13/h1-2,5,11H,3-4,7H2. The van der Waals surface area contributed by atoms with Gasteiger partial charge in [0.1, 0.15) is 0 Å². The summed E-state index contributed by atoms with van der Waals surface area (Å²) in [5, 5.41) is 22.9. The smallest absolute Gasteiger partial charge is 0.389 e. The maximum atomic E-state index is 10.2. The number of hydrogen-bond acceptors (Lipinski definition) is 5. The first-order valence-electron chi connectivity index (χ1n) is 3.69. The van der Waals surface area contributed by atoms with E-state index in [2.05, 4.69) is 5.10 Å². The minimum absolute atomic E-state index is 0.105. The van der Waals surface area contributed by atoms with E-state index in [-0.39, 0.29) is 18.9 Å². The van der Waals surface area contributed by atoms with Crippen molar-refractivity contribution >= 4 is 5.82 Å². The molecule has 0 aliphatic rings. The zero-order valence-corrected chi connectivity index (χ0v) is 6.83. The van der Waals surface area contributed by atoms with E-state index in [0.717, 1.165) is 0 Å². The van der Waals surface area contributed by atoms with Crippen LogP contribution in [0.25, 0.3) is 0 Å². The monoisotopic (exact) mass is 186 g/mol. The van der Waals surface area contributed by atoms with Crippen LogP contribution in [-0.2, 0) is 6.54 Å². The fourth-order valence-corrected chi connectivity index (χ4v) is 0.840. The third kappa shape index (κ3) is 2.49. The number of hydrogen-bond donors (Lipinski definition) is 2. The Hall–Kier alpha value is -1.47. The van der Waals surface area contributed by atoms with Crippen LogP contribution in [0, 0.1) is 10.1 Å². The number of rotatable bonds is 4. The summed E-state index contributed by atoms with van der Waals surface area (Å²) in [6.07, 6.45) is 0.705. The molecule has 0 saturated heterocycles. The molecule has 0 radical (unpaired) electrons. The van der Waals surface area contributed by atoms with Gasteiger partial charge in [-0.3, -0.25) is 0 Å². The Bertz CT molecular complexity index is 298. The van der Waals surface area contributed by atoms with Crippen molar-refractivity contribution in [1.82, 2.24) is 9.78 Å². The molecule has 0 bridgehead atoms. The van der Waals surface area contributed by atoms with Crippen molar-refractivity contribution in [1.29, 1.82) is 0 Å². The van der Waals surface area contributed by atoms with Crippen molar-refractivity contribution in [2.75, 3.05) is 6.54 Å². The van der Waals surface area contributed by atoms with E-state index in [4.69, 9.17) is 10.8 Å². The van der Waals surface area contributed by atoms with E-state index in [1.807, 2.05) is 0 Å². The molecule has 3 N–H and O–H groups in total. The predicted octanol–water partition coefficient (Wildman–Crippen LogP) is -0.889. The van der Waals surface area contributed by atoms with Crippen LogP contribution in [-0.4, -0.2) is 32.5 Å². The first-order valence-corrected chi connectivity index (χ1v) is 3.69. The van der Waals surface area contributed by atoms with Gasteiger partial charge in [-0.15, -0.1) is 0 Å². The Labute approximate surface area is 73.9 Å². The normalized spacial score (nSPS) is 12.8. The molecule has 1 aromatic heterocycles. The summed E-state index contributed by atoms with van der Waals surface area (Å²) >= 11 is 0. The van der Waals surface area contributed by atoms with Gasteiger partial charge in [0.2, 0.25) is 0 Å². The average Bonchev–Trinajstić information content (AvgIpc) is 2.52.